The Hall–Kier alpha value is -1.96. The summed E-state index contributed by atoms with van der Waals surface area (Å²) >= 11 is 10.0. The monoisotopic (exact) mass is 460 g/mol. The van der Waals surface area contributed by atoms with Crippen molar-refractivity contribution in [1.29, 1.82) is 0 Å². The second-order valence-electron chi connectivity index (χ2n) is 6.21. The number of halogens is 2. The van der Waals surface area contributed by atoms with Gasteiger partial charge in [-0.15, -0.1) is 0 Å². The van der Waals surface area contributed by atoms with E-state index in [1.54, 1.807) is 19.2 Å². The number of hydrogen-bond acceptors (Lipinski definition) is 3. The van der Waals surface area contributed by atoms with Crippen LogP contribution in [0.4, 0.5) is 4.39 Å². The molecule has 1 amide bonds. The smallest absolute Gasteiger partial charge is 0.265 e. The van der Waals surface area contributed by atoms with E-state index in [9.17, 15) is 9.18 Å². The van der Waals surface area contributed by atoms with Crippen molar-refractivity contribution in [2.45, 2.75) is 6.54 Å². The van der Waals surface area contributed by atoms with Gasteiger partial charge in [-0.3, -0.25) is 9.69 Å². The number of nitrogens with zero attached hydrogens (tertiary/aromatic N) is 2. The number of fused-ring (bicyclic) bond motifs is 1. The van der Waals surface area contributed by atoms with Gasteiger partial charge in [-0.25, -0.2) is 4.39 Å². The summed E-state index contributed by atoms with van der Waals surface area (Å²) in [5, 5.41) is 0.988. The van der Waals surface area contributed by atoms with Crippen molar-refractivity contribution in [2.24, 2.45) is 0 Å². The van der Waals surface area contributed by atoms with Gasteiger partial charge in [0.15, 0.2) is 0 Å². The van der Waals surface area contributed by atoms with E-state index in [-0.39, 0.29) is 11.7 Å². The molecule has 0 unspecified atom stereocenters. The Morgan fingerprint density at radius 3 is 2.74 bits per heavy atom. The van der Waals surface area contributed by atoms with Crippen LogP contribution in [0.15, 0.2) is 58.0 Å². The molecule has 1 saturated heterocycles. The molecule has 0 N–H and O–H groups in total. The summed E-state index contributed by atoms with van der Waals surface area (Å²) in [4.78, 5) is 14.4. The quantitative estimate of drug-likeness (QED) is 0.385. The first-order valence-electron chi connectivity index (χ1n) is 8.17. The first-order chi connectivity index (χ1) is 12.9. The van der Waals surface area contributed by atoms with Gasteiger partial charge in [0.05, 0.1) is 11.4 Å². The molecule has 0 saturated carbocycles. The molecular weight excluding hydrogens is 447 g/mol. The van der Waals surface area contributed by atoms with Crippen LogP contribution in [0.25, 0.3) is 17.0 Å². The minimum Gasteiger partial charge on any atom is -0.342 e. The summed E-state index contributed by atoms with van der Waals surface area (Å²) in [5.41, 5.74) is 2.49. The molecule has 2 heterocycles. The molecule has 1 aliphatic rings. The lowest BCUT2D eigenvalue weighted by molar-refractivity contribution is -0.121. The highest BCUT2D eigenvalue weighted by Gasteiger charge is 2.29. The van der Waals surface area contributed by atoms with Crippen molar-refractivity contribution in [1.82, 2.24) is 9.47 Å². The summed E-state index contributed by atoms with van der Waals surface area (Å²) in [7, 11) is 1.68. The van der Waals surface area contributed by atoms with E-state index >= 15 is 0 Å². The molecule has 1 aromatic heterocycles. The molecule has 1 aliphatic heterocycles. The highest BCUT2D eigenvalue weighted by atomic mass is 79.9. The highest BCUT2D eigenvalue weighted by molar-refractivity contribution is 9.10. The number of hydrogen-bond donors (Lipinski definition) is 0. The summed E-state index contributed by atoms with van der Waals surface area (Å²) in [6.07, 6.45) is 3.81. The summed E-state index contributed by atoms with van der Waals surface area (Å²) in [6, 6.07) is 12.7. The zero-order valence-corrected chi connectivity index (χ0v) is 17.5. The predicted octanol–water partition coefficient (Wildman–Crippen LogP) is 5.42. The second kappa shape index (κ2) is 7.22. The lowest BCUT2D eigenvalue weighted by atomic mass is 10.1. The number of thiocarbonyl (C=S) groups is 1. The van der Waals surface area contributed by atoms with Crippen LogP contribution < -0.4 is 0 Å². The van der Waals surface area contributed by atoms with Crippen LogP contribution in [0.1, 0.15) is 11.1 Å². The fourth-order valence-electron chi connectivity index (χ4n) is 3.04. The molecule has 1 fully saturated rings. The fraction of sp³-hybridized carbons (Fsp3) is 0.100. The third-order valence-corrected chi connectivity index (χ3v) is 6.42. The molecule has 27 heavy (non-hydrogen) atoms. The number of carbonyl (C=O) groups is 1. The molecule has 2 aromatic carbocycles. The average Bonchev–Trinajstić information content (AvgIpc) is 3.09. The van der Waals surface area contributed by atoms with E-state index in [0.717, 1.165) is 20.9 Å². The maximum Gasteiger partial charge on any atom is 0.265 e. The summed E-state index contributed by atoms with van der Waals surface area (Å²) in [5.74, 6) is -0.333. The van der Waals surface area contributed by atoms with E-state index in [2.05, 4.69) is 15.9 Å². The Kier molecular flexibility index (Phi) is 4.92. The molecule has 3 nitrogen and oxygen atoms in total. The summed E-state index contributed by atoms with van der Waals surface area (Å²) < 4.78 is 17.6. The van der Waals surface area contributed by atoms with Gasteiger partial charge in [0, 0.05) is 39.7 Å². The van der Waals surface area contributed by atoms with Crippen LogP contribution in [0.5, 0.6) is 0 Å². The minimum absolute atomic E-state index is 0.102. The Bertz CT molecular complexity index is 1120. The van der Waals surface area contributed by atoms with E-state index in [1.807, 2.05) is 41.1 Å². The maximum atomic E-state index is 14.1. The van der Waals surface area contributed by atoms with Gasteiger partial charge in [-0.2, -0.15) is 0 Å². The first kappa shape index (κ1) is 18.4. The van der Waals surface area contributed by atoms with Crippen LogP contribution in [0, 0.1) is 5.82 Å². The second-order valence-corrected chi connectivity index (χ2v) is 8.80. The number of rotatable bonds is 3. The van der Waals surface area contributed by atoms with Crippen LogP contribution in [0.2, 0.25) is 0 Å². The third kappa shape index (κ3) is 3.47. The van der Waals surface area contributed by atoms with Gasteiger partial charge in [0.25, 0.3) is 5.91 Å². The number of amides is 1. The van der Waals surface area contributed by atoms with E-state index in [4.69, 9.17) is 12.2 Å². The molecule has 136 valence electrons. The maximum absolute atomic E-state index is 14.1. The molecule has 7 heteroatoms. The van der Waals surface area contributed by atoms with Crippen molar-refractivity contribution in [3.05, 3.63) is 75.0 Å². The molecular formula is C20H14BrFN2OS2. The van der Waals surface area contributed by atoms with Gasteiger partial charge in [0.1, 0.15) is 10.1 Å². The van der Waals surface area contributed by atoms with Crippen molar-refractivity contribution < 1.29 is 9.18 Å². The van der Waals surface area contributed by atoms with Gasteiger partial charge in [-0.05, 0) is 30.3 Å². The van der Waals surface area contributed by atoms with Gasteiger partial charge >= 0.3 is 0 Å². The molecule has 4 rings (SSSR count). The molecule has 0 aliphatic carbocycles. The largest absolute Gasteiger partial charge is 0.342 e. The van der Waals surface area contributed by atoms with Crippen molar-refractivity contribution >= 4 is 67.1 Å². The van der Waals surface area contributed by atoms with Crippen molar-refractivity contribution in [3.63, 3.8) is 0 Å². The fourth-order valence-corrected chi connectivity index (χ4v) is 4.57. The zero-order chi connectivity index (χ0) is 19.1. The molecule has 0 radical (unpaired) electrons. The molecule has 0 atom stereocenters. The Labute approximate surface area is 174 Å². The first-order valence-corrected chi connectivity index (χ1v) is 10.2. The molecule has 3 aromatic rings. The number of carbonyl (C=O) groups excluding carboxylic acids is 1. The lowest BCUT2D eigenvalue weighted by Crippen LogP contribution is -2.22. The van der Waals surface area contributed by atoms with Gasteiger partial charge in [-0.1, -0.05) is 58.1 Å². The average molecular weight is 461 g/mol. The van der Waals surface area contributed by atoms with Gasteiger partial charge < -0.3 is 4.57 Å². The van der Waals surface area contributed by atoms with Crippen LogP contribution in [-0.2, 0) is 11.3 Å². The predicted molar refractivity (Wildman–Crippen MR) is 116 cm³/mol. The lowest BCUT2D eigenvalue weighted by Gasteiger charge is -2.06. The number of benzene rings is 2. The Balaban J connectivity index is 1.82. The van der Waals surface area contributed by atoms with Crippen molar-refractivity contribution in [2.75, 3.05) is 7.05 Å². The molecule has 0 bridgehead atoms. The van der Waals surface area contributed by atoms with E-state index in [1.165, 1.54) is 22.7 Å². The van der Waals surface area contributed by atoms with E-state index in [0.29, 0.717) is 21.3 Å². The van der Waals surface area contributed by atoms with Crippen LogP contribution in [0.3, 0.4) is 0 Å². The number of thioether (sulfide) groups is 1. The van der Waals surface area contributed by atoms with Gasteiger partial charge in [0.2, 0.25) is 0 Å². The normalized spacial score (nSPS) is 16.1. The number of likely N-dealkylation sites (N-methyl/N-ethyl adjacent to an activating group) is 1. The van der Waals surface area contributed by atoms with Crippen molar-refractivity contribution in [3.8, 4) is 0 Å². The Morgan fingerprint density at radius 2 is 2.04 bits per heavy atom. The Morgan fingerprint density at radius 1 is 1.26 bits per heavy atom. The zero-order valence-electron chi connectivity index (χ0n) is 14.3. The van der Waals surface area contributed by atoms with Crippen LogP contribution in [-0.4, -0.2) is 26.7 Å². The topological polar surface area (TPSA) is 25.2 Å². The van der Waals surface area contributed by atoms with Crippen LogP contribution >= 0.6 is 39.9 Å². The van der Waals surface area contributed by atoms with E-state index < -0.39 is 0 Å². The highest BCUT2D eigenvalue weighted by Crippen LogP contribution is 2.34. The number of aromatic nitrogens is 1. The molecule has 0 spiro atoms. The standard InChI is InChI=1S/C20H14BrFN2OS2/c1-23-19(25)18(27-20(23)26)8-13-11-24(10-12-4-2-3-5-16(12)22)17-7-6-14(21)9-15(13)17/h2-9,11H,10H2,1H3/b18-8-. The SMILES string of the molecule is CN1C(=O)/C(=C/c2cn(Cc3ccccc3F)c3ccc(Br)cc23)SC1=S. The minimum atomic E-state index is -0.232. The summed E-state index contributed by atoms with van der Waals surface area (Å²) in [6.45, 7) is 0.410. The third-order valence-electron chi connectivity index (χ3n) is 4.45.